The molecule has 0 aliphatic heterocycles. The molecular formula is C2H6Cl2Pb. The van der Waals surface area contributed by atoms with Gasteiger partial charge in [-0.1, -0.05) is 0 Å². The van der Waals surface area contributed by atoms with Crippen molar-refractivity contribution in [3.05, 3.63) is 0 Å². The van der Waals surface area contributed by atoms with Gasteiger partial charge < -0.3 is 0 Å². The van der Waals surface area contributed by atoms with Crippen molar-refractivity contribution in [1.29, 1.82) is 0 Å². The first-order valence-electron chi connectivity index (χ1n) is 1.03. The van der Waals surface area contributed by atoms with E-state index < -0.39 is 0 Å². The number of hydrogen-bond donors (Lipinski definition) is 0. The van der Waals surface area contributed by atoms with Crippen LogP contribution in [0, 0.1) is 0 Å². The van der Waals surface area contributed by atoms with Gasteiger partial charge in [0.25, 0.3) is 0 Å². The molecule has 0 bridgehead atoms. The second kappa shape index (κ2) is 9.09. The van der Waals surface area contributed by atoms with Crippen molar-refractivity contribution in [3.8, 4) is 0 Å². The van der Waals surface area contributed by atoms with Gasteiger partial charge >= 0.3 is 27.3 Å². The molecule has 0 heterocycles. The number of halogens is 2. The number of rotatable bonds is 1. The van der Waals surface area contributed by atoms with E-state index in [0.717, 1.165) is 0 Å². The minimum absolute atomic E-state index is 0. The summed E-state index contributed by atoms with van der Waals surface area (Å²) in [7, 11) is 0. The molecule has 0 aliphatic rings. The van der Waals surface area contributed by atoms with Crippen LogP contribution in [0.5, 0.6) is 0 Å². The quantitative estimate of drug-likeness (QED) is 0.490. The van der Waals surface area contributed by atoms with Crippen molar-refractivity contribution in [2.24, 2.45) is 0 Å². The van der Waals surface area contributed by atoms with Crippen LogP contribution < -0.4 is 0 Å². The van der Waals surface area contributed by atoms with Crippen molar-refractivity contribution < 1.29 is 0 Å². The molecule has 0 nitrogen and oxygen atoms in total. The van der Waals surface area contributed by atoms with Crippen LogP contribution in [0.4, 0.5) is 0 Å². The zero-order valence-electron chi connectivity index (χ0n) is 2.88. The van der Waals surface area contributed by atoms with E-state index in [0.29, 0.717) is 11.8 Å². The van der Waals surface area contributed by atoms with E-state index in [-0.39, 0.29) is 27.3 Å². The van der Waals surface area contributed by atoms with Crippen LogP contribution in [0.25, 0.3) is 0 Å². The fourth-order valence-corrected chi connectivity index (χ4v) is 0. The Morgan fingerprint density at radius 1 is 1.00 bits per heavy atom. The normalized spacial score (nSPS) is 6.00. The van der Waals surface area contributed by atoms with Crippen molar-refractivity contribution >= 4 is 50.5 Å². The van der Waals surface area contributed by atoms with E-state index in [1.165, 1.54) is 0 Å². The maximum absolute atomic E-state index is 5.05. The van der Waals surface area contributed by atoms with Gasteiger partial charge in [0.05, 0.1) is 0 Å². The van der Waals surface area contributed by atoms with Gasteiger partial charge in [-0.25, -0.2) is 0 Å². The van der Waals surface area contributed by atoms with Gasteiger partial charge in [-0.2, -0.15) is 0 Å². The average molecular weight is 308 g/mol. The molecule has 0 saturated heterocycles. The summed E-state index contributed by atoms with van der Waals surface area (Å²) in [6, 6.07) is 0. The Labute approximate surface area is 62.0 Å². The summed E-state index contributed by atoms with van der Waals surface area (Å²) in [6.45, 7) is 0. The molecule has 32 valence electrons. The topological polar surface area (TPSA) is 0 Å². The van der Waals surface area contributed by atoms with Gasteiger partial charge in [0, 0.05) is 11.8 Å². The van der Waals surface area contributed by atoms with Crippen LogP contribution >= 0.6 is 23.2 Å². The minimum atomic E-state index is 0. The predicted octanol–water partition coefficient (Wildman–Crippen LogP) is 0.548. The summed E-state index contributed by atoms with van der Waals surface area (Å²) in [5, 5.41) is 0. The zero-order valence-corrected chi connectivity index (χ0v) is 9.89. The Morgan fingerprint density at radius 2 is 1.20 bits per heavy atom. The Kier molecular flexibility index (Phi) is 17.7. The fourth-order valence-electron chi connectivity index (χ4n) is 0. The first-order valence-corrected chi connectivity index (χ1v) is 2.10. The van der Waals surface area contributed by atoms with Gasteiger partial charge in [-0.15, -0.1) is 23.2 Å². The summed E-state index contributed by atoms with van der Waals surface area (Å²) >= 11 is 10.1. The molecule has 2 radical (unpaired) electrons. The van der Waals surface area contributed by atoms with E-state index in [4.69, 9.17) is 23.2 Å². The van der Waals surface area contributed by atoms with Crippen molar-refractivity contribution in [2.75, 3.05) is 11.8 Å². The molecule has 5 heavy (non-hydrogen) atoms. The summed E-state index contributed by atoms with van der Waals surface area (Å²) in [5.74, 6) is 1.11. The van der Waals surface area contributed by atoms with Crippen LogP contribution in [0.2, 0.25) is 0 Å². The Balaban J connectivity index is 0. The third kappa shape index (κ3) is 10.8. The molecule has 0 aromatic rings. The fraction of sp³-hybridized carbons (Fsp3) is 1.00. The summed E-state index contributed by atoms with van der Waals surface area (Å²) in [5.41, 5.74) is 0. The molecule has 0 fully saturated rings. The first-order chi connectivity index (χ1) is 1.91. The number of hydrogen-bond acceptors (Lipinski definition) is 0. The summed E-state index contributed by atoms with van der Waals surface area (Å²) in [4.78, 5) is 0. The second-order valence-electron chi connectivity index (χ2n) is 0.378. The van der Waals surface area contributed by atoms with E-state index in [2.05, 4.69) is 0 Å². The van der Waals surface area contributed by atoms with Crippen LogP contribution in [0.3, 0.4) is 0 Å². The van der Waals surface area contributed by atoms with Crippen LogP contribution in [0.1, 0.15) is 0 Å². The molecular weight excluding hydrogens is 302 g/mol. The molecule has 0 aromatic heterocycles. The van der Waals surface area contributed by atoms with E-state index in [1.54, 1.807) is 0 Å². The molecule has 0 aromatic carbocycles. The first kappa shape index (κ1) is 9.71. The third-order valence-corrected chi connectivity index (χ3v) is 0.643. The average Bonchev–Trinajstić information content (AvgIpc) is 1.37. The molecule has 0 spiro atoms. The molecule has 0 amide bonds. The molecule has 0 atom stereocenters. The standard InChI is InChI=1S/C2H4Cl2.Pb.2H/c3-1-2-4;;;/h1-2H2;;;. The third-order valence-electron chi connectivity index (χ3n) is 0.0714. The van der Waals surface area contributed by atoms with Crippen molar-refractivity contribution in [2.45, 2.75) is 0 Å². The monoisotopic (exact) mass is 308 g/mol. The van der Waals surface area contributed by atoms with Crippen LogP contribution in [0.15, 0.2) is 0 Å². The molecule has 0 N–H and O–H groups in total. The van der Waals surface area contributed by atoms with E-state index in [9.17, 15) is 0 Å². The predicted molar refractivity (Wildman–Crippen MR) is 30.0 cm³/mol. The molecule has 0 aliphatic carbocycles. The Bertz CT molecular complexity index is 9.61. The Morgan fingerprint density at radius 3 is 1.20 bits per heavy atom. The van der Waals surface area contributed by atoms with Crippen LogP contribution in [-0.4, -0.2) is 39.1 Å². The van der Waals surface area contributed by atoms with Crippen molar-refractivity contribution in [1.82, 2.24) is 0 Å². The van der Waals surface area contributed by atoms with Crippen LogP contribution in [-0.2, 0) is 0 Å². The second-order valence-corrected chi connectivity index (χ2v) is 1.13. The van der Waals surface area contributed by atoms with Gasteiger partial charge in [-0.3, -0.25) is 0 Å². The molecule has 3 heteroatoms. The van der Waals surface area contributed by atoms with Gasteiger partial charge in [0.2, 0.25) is 0 Å². The van der Waals surface area contributed by atoms with Gasteiger partial charge in [-0.05, 0) is 0 Å². The van der Waals surface area contributed by atoms with E-state index >= 15 is 0 Å². The SMILES string of the molecule is ClCCCl.[PbH2]. The van der Waals surface area contributed by atoms with Crippen molar-refractivity contribution in [3.63, 3.8) is 0 Å². The molecule has 0 rings (SSSR count). The Hall–Kier alpha value is 1.50. The van der Waals surface area contributed by atoms with E-state index in [1.807, 2.05) is 0 Å². The summed E-state index contributed by atoms with van der Waals surface area (Å²) < 4.78 is 0. The number of alkyl halides is 2. The summed E-state index contributed by atoms with van der Waals surface area (Å²) in [6.07, 6.45) is 0. The molecule has 0 saturated carbocycles. The molecule has 0 unspecified atom stereocenters. The van der Waals surface area contributed by atoms with Gasteiger partial charge in [0.15, 0.2) is 0 Å². The maximum atomic E-state index is 5.05. The zero-order chi connectivity index (χ0) is 3.41. The van der Waals surface area contributed by atoms with Gasteiger partial charge in [0.1, 0.15) is 0 Å².